The Morgan fingerprint density at radius 3 is 2.75 bits per heavy atom. The summed E-state index contributed by atoms with van der Waals surface area (Å²) in [5.74, 6) is 1.65. The Morgan fingerprint density at radius 1 is 1.32 bits per heavy atom. The summed E-state index contributed by atoms with van der Waals surface area (Å²) in [6.45, 7) is 4.43. The first kappa shape index (κ1) is 19.4. The second-order valence-corrected chi connectivity index (χ2v) is 6.75. The minimum absolute atomic E-state index is 0.00635. The lowest BCUT2D eigenvalue weighted by Gasteiger charge is -2.08. The van der Waals surface area contributed by atoms with E-state index in [-0.39, 0.29) is 12.3 Å². The molecule has 0 radical (unpaired) electrons. The van der Waals surface area contributed by atoms with E-state index in [0.29, 0.717) is 27.8 Å². The quantitative estimate of drug-likeness (QED) is 0.275. The molecule has 3 aromatic rings. The lowest BCUT2D eigenvalue weighted by atomic mass is 10.0. The Hall–Kier alpha value is -3.33. The van der Waals surface area contributed by atoms with Crippen LogP contribution in [0.5, 0.6) is 5.75 Å². The minimum Gasteiger partial charge on any atom is -0.486 e. The van der Waals surface area contributed by atoms with Crippen LogP contribution in [-0.2, 0) is 6.61 Å². The van der Waals surface area contributed by atoms with Crippen molar-refractivity contribution in [1.82, 2.24) is 14.9 Å². The molecule has 0 aliphatic rings. The molecule has 1 heterocycles. The zero-order valence-electron chi connectivity index (χ0n) is 15.4. The Balaban J connectivity index is 1.74. The van der Waals surface area contributed by atoms with Crippen molar-refractivity contribution in [2.45, 2.75) is 26.4 Å². The van der Waals surface area contributed by atoms with E-state index >= 15 is 0 Å². The maximum absolute atomic E-state index is 10.9. The van der Waals surface area contributed by atoms with Crippen molar-refractivity contribution in [3.8, 4) is 5.75 Å². The van der Waals surface area contributed by atoms with Crippen molar-refractivity contribution in [2.24, 2.45) is 5.10 Å². The molecule has 0 saturated carbocycles. The fourth-order valence-corrected chi connectivity index (χ4v) is 2.67. The molecule has 3 rings (SSSR count). The monoisotopic (exact) mass is 397 g/mol. The number of benzene rings is 2. The number of hydrogen-bond donors (Lipinski definition) is 1. The summed E-state index contributed by atoms with van der Waals surface area (Å²) in [5.41, 5.74) is 1.80. The van der Waals surface area contributed by atoms with Gasteiger partial charge >= 0.3 is 0 Å². The van der Waals surface area contributed by atoms with Gasteiger partial charge in [-0.1, -0.05) is 38.1 Å². The van der Waals surface area contributed by atoms with Gasteiger partial charge in [0.15, 0.2) is 5.82 Å². The van der Waals surface area contributed by atoms with Gasteiger partial charge in [-0.3, -0.25) is 10.1 Å². The highest BCUT2D eigenvalue weighted by Gasteiger charge is 2.08. The van der Waals surface area contributed by atoms with E-state index < -0.39 is 4.92 Å². The van der Waals surface area contributed by atoms with Crippen molar-refractivity contribution in [3.63, 3.8) is 0 Å². The van der Waals surface area contributed by atoms with Gasteiger partial charge in [0, 0.05) is 17.7 Å². The molecule has 0 atom stereocenters. The summed E-state index contributed by atoms with van der Waals surface area (Å²) >= 11 is 5.20. The van der Waals surface area contributed by atoms with Crippen LogP contribution in [-0.4, -0.2) is 26.0 Å². The van der Waals surface area contributed by atoms with Crippen molar-refractivity contribution >= 4 is 24.1 Å². The van der Waals surface area contributed by atoms with Crippen LogP contribution in [0.15, 0.2) is 53.6 Å². The van der Waals surface area contributed by atoms with Crippen LogP contribution in [0.2, 0.25) is 0 Å². The Kier molecular flexibility index (Phi) is 5.95. The van der Waals surface area contributed by atoms with Gasteiger partial charge in [0.25, 0.3) is 5.69 Å². The molecule has 0 bridgehead atoms. The van der Waals surface area contributed by atoms with Crippen molar-refractivity contribution < 1.29 is 9.66 Å². The van der Waals surface area contributed by atoms with E-state index in [9.17, 15) is 10.1 Å². The molecule has 144 valence electrons. The number of rotatable bonds is 7. The summed E-state index contributed by atoms with van der Waals surface area (Å²) in [6, 6.07) is 14.0. The third-order valence-corrected chi connectivity index (χ3v) is 4.30. The van der Waals surface area contributed by atoms with Gasteiger partial charge in [-0.05, 0) is 35.8 Å². The lowest BCUT2D eigenvalue weighted by Crippen LogP contribution is -2.04. The summed E-state index contributed by atoms with van der Waals surface area (Å²) in [5, 5.41) is 22.0. The molecular formula is C19H19N5O3S. The average molecular weight is 397 g/mol. The molecule has 8 nitrogen and oxygen atoms in total. The highest BCUT2D eigenvalue weighted by atomic mass is 32.1. The second kappa shape index (κ2) is 8.57. The molecular weight excluding hydrogens is 378 g/mol. The first-order valence-corrected chi connectivity index (χ1v) is 9.02. The molecule has 2 aromatic carbocycles. The van der Waals surface area contributed by atoms with Crippen LogP contribution >= 0.6 is 12.2 Å². The van der Waals surface area contributed by atoms with Gasteiger partial charge < -0.3 is 4.74 Å². The van der Waals surface area contributed by atoms with E-state index in [1.54, 1.807) is 12.1 Å². The summed E-state index contributed by atoms with van der Waals surface area (Å²) in [6.07, 6.45) is 1.49. The van der Waals surface area contributed by atoms with Crippen molar-refractivity contribution in [1.29, 1.82) is 0 Å². The van der Waals surface area contributed by atoms with Crippen LogP contribution in [0.25, 0.3) is 0 Å². The Labute approximate surface area is 166 Å². The van der Waals surface area contributed by atoms with Crippen LogP contribution in [0.4, 0.5) is 5.69 Å². The number of nitro benzene ring substituents is 1. The fourth-order valence-electron chi connectivity index (χ4n) is 2.48. The van der Waals surface area contributed by atoms with Gasteiger partial charge in [-0.2, -0.15) is 14.9 Å². The molecule has 28 heavy (non-hydrogen) atoms. The van der Waals surface area contributed by atoms with Gasteiger partial charge in [0.2, 0.25) is 4.77 Å². The number of aromatic nitrogens is 3. The maximum atomic E-state index is 10.9. The predicted molar refractivity (Wildman–Crippen MR) is 108 cm³/mol. The molecule has 0 aliphatic carbocycles. The smallest absolute Gasteiger partial charge is 0.270 e. The third kappa shape index (κ3) is 4.68. The zero-order chi connectivity index (χ0) is 20.1. The highest BCUT2D eigenvalue weighted by molar-refractivity contribution is 7.71. The highest BCUT2D eigenvalue weighted by Crippen LogP contribution is 2.19. The third-order valence-electron chi connectivity index (χ3n) is 4.04. The Bertz CT molecular complexity index is 1050. The number of nitrogens with zero attached hydrogens (tertiary/aromatic N) is 4. The molecule has 0 spiro atoms. The number of nitro groups is 1. The van der Waals surface area contributed by atoms with Gasteiger partial charge in [0.1, 0.15) is 12.4 Å². The standard InChI is InChI=1S/C19H19N5O3S/c1-13(2)15-6-8-17(9-7-15)27-12-18-21-22-19(28)23(18)20-11-14-4-3-5-16(10-14)24(25)26/h3-11,13H,12H2,1-2H3,(H,22,28)/b20-11-. The van der Waals surface area contributed by atoms with Gasteiger partial charge in [0.05, 0.1) is 11.1 Å². The first-order valence-electron chi connectivity index (χ1n) is 8.62. The van der Waals surface area contributed by atoms with E-state index in [1.165, 1.54) is 28.6 Å². The largest absolute Gasteiger partial charge is 0.486 e. The van der Waals surface area contributed by atoms with Crippen molar-refractivity contribution in [2.75, 3.05) is 0 Å². The second-order valence-electron chi connectivity index (χ2n) is 6.37. The van der Waals surface area contributed by atoms with Crippen LogP contribution in [0.3, 0.4) is 0 Å². The zero-order valence-corrected chi connectivity index (χ0v) is 16.2. The van der Waals surface area contributed by atoms with E-state index in [2.05, 4.69) is 29.1 Å². The summed E-state index contributed by atoms with van der Waals surface area (Å²) in [7, 11) is 0. The van der Waals surface area contributed by atoms with Crippen LogP contribution < -0.4 is 4.74 Å². The molecule has 1 aromatic heterocycles. The molecule has 1 N–H and O–H groups in total. The molecule has 0 fully saturated rings. The maximum Gasteiger partial charge on any atom is 0.270 e. The molecule has 0 saturated heterocycles. The summed E-state index contributed by atoms with van der Waals surface area (Å²) < 4.78 is 7.50. The van der Waals surface area contributed by atoms with Crippen LogP contribution in [0.1, 0.15) is 36.7 Å². The van der Waals surface area contributed by atoms with Gasteiger partial charge in [-0.25, -0.2) is 5.10 Å². The molecule has 0 amide bonds. The van der Waals surface area contributed by atoms with Gasteiger partial charge in [-0.15, -0.1) is 0 Å². The van der Waals surface area contributed by atoms with Crippen molar-refractivity contribution in [3.05, 3.63) is 80.4 Å². The minimum atomic E-state index is -0.454. The van der Waals surface area contributed by atoms with E-state index in [4.69, 9.17) is 17.0 Å². The number of aromatic amines is 1. The topological polar surface area (TPSA) is 98.3 Å². The first-order chi connectivity index (χ1) is 13.4. The normalized spacial score (nSPS) is 11.2. The average Bonchev–Trinajstić information content (AvgIpc) is 3.04. The fraction of sp³-hybridized carbons (Fsp3) is 0.211. The number of ether oxygens (including phenoxy) is 1. The number of hydrogen-bond acceptors (Lipinski definition) is 6. The van der Waals surface area contributed by atoms with Crippen LogP contribution in [0, 0.1) is 14.9 Å². The molecule has 9 heteroatoms. The number of nitrogens with one attached hydrogen (secondary N) is 1. The van der Waals surface area contributed by atoms with E-state index in [0.717, 1.165) is 0 Å². The predicted octanol–water partition coefficient (Wildman–Crippen LogP) is 4.43. The number of non-ortho nitro benzene ring substituents is 1. The molecule has 0 aliphatic heterocycles. The molecule has 0 unspecified atom stereocenters. The summed E-state index contributed by atoms with van der Waals surface area (Å²) in [4.78, 5) is 10.4. The Morgan fingerprint density at radius 2 is 2.07 bits per heavy atom. The lowest BCUT2D eigenvalue weighted by molar-refractivity contribution is -0.384. The number of H-pyrrole nitrogens is 1. The SMILES string of the molecule is CC(C)c1ccc(OCc2n[nH]c(=S)n2/N=C\c2cccc([N+](=O)[O-])c2)cc1. The van der Waals surface area contributed by atoms with E-state index in [1.807, 2.05) is 24.3 Å².